The van der Waals surface area contributed by atoms with Gasteiger partial charge in [0.1, 0.15) is 11.8 Å². The summed E-state index contributed by atoms with van der Waals surface area (Å²) in [5, 5.41) is 11.4. The van der Waals surface area contributed by atoms with Crippen molar-refractivity contribution in [2.24, 2.45) is 0 Å². The minimum absolute atomic E-state index is 0.0143. The molecule has 128 valence electrons. The van der Waals surface area contributed by atoms with Crippen molar-refractivity contribution in [3.05, 3.63) is 28.8 Å². The minimum atomic E-state index is -2.80. The van der Waals surface area contributed by atoms with Gasteiger partial charge in [0.25, 0.3) is 0 Å². The highest BCUT2D eigenvalue weighted by atomic mass is 35.5. The topological polar surface area (TPSA) is 75.6 Å². The number of carboxylic acids is 1. The number of halogens is 3. The summed E-state index contributed by atoms with van der Waals surface area (Å²) < 4.78 is 29.8. The van der Waals surface area contributed by atoms with Crippen molar-refractivity contribution in [3.63, 3.8) is 0 Å². The molecule has 1 rings (SSSR count). The Kier molecular flexibility index (Phi) is 7.74. The first-order valence-electron chi connectivity index (χ1n) is 6.99. The normalized spacial score (nSPS) is 12.0. The number of hydrogen-bond acceptors (Lipinski definition) is 3. The van der Waals surface area contributed by atoms with Gasteiger partial charge >= 0.3 is 5.97 Å². The summed E-state index contributed by atoms with van der Waals surface area (Å²) in [7, 11) is 0. The van der Waals surface area contributed by atoms with Gasteiger partial charge in [-0.1, -0.05) is 11.6 Å². The van der Waals surface area contributed by atoms with Crippen molar-refractivity contribution in [1.29, 1.82) is 0 Å². The van der Waals surface area contributed by atoms with E-state index >= 15 is 0 Å². The third-order valence-electron chi connectivity index (χ3n) is 2.99. The van der Waals surface area contributed by atoms with E-state index in [1.54, 1.807) is 18.2 Å². The number of nitrogens with one attached hydrogen (secondary N) is 1. The predicted octanol–water partition coefficient (Wildman–Crippen LogP) is 3.03. The van der Waals surface area contributed by atoms with Gasteiger partial charge in [-0.3, -0.25) is 4.79 Å². The van der Waals surface area contributed by atoms with Crippen LogP contribution in [0.1, 0.15) is 24.8 Å². The average molecular weight is 350 g/mol. The lowest BCUT2D eigenvalue weighted by atomic mass is 10.2. The largest absolute Gasteiger partial charge is 0.494 e. The number of amides is 1. The molecule has 1 aromatic carbocycles. The van der Waals surface area contributed by atoms with Crippen LogP contribution in [0.4, 0.5) is 8.78 Å². The highest BCUT2D eigenvalue weighted by Gasteiger charge is 2.23. The molecule has 0 bridgehead atoms. The Balaban J connectivity index is 2.32. The summed E-state index contributed by atoms with van der Waals surface area (Å²) >= 11 is 5.88. The number of carbonyl (C=O) groups is 2. The number of carbonyl (C=O) groups excluding carboxylic acids is 1. The maximum absolute atomic E-state index is 12.2. The fourth-order valence-corrected chi connectivity index (χ4v) is 1.91. The Morgan fingerprint density at radius 2 is 2.09 bits per heavy atom. The van der Waals surface area contributed by atoms with E-state index in [0.29, 0.717) is 17.2 Å². The van der Waals surface area contributed by atoms with Crippen LogP contribution in [0.3, 0.4) is 0 Å². The molecule has 23 heavy (non-hydrogen) atoms. The molecule has 8 heteroatoms. The SMILES string of the molecule is Cc1cc(OCCCC(=O)NC(CC(F)F)C(=O)O)ccc1Cl. The lowest BCUT2D eigenvalue weighted by Crippen LogP contribution is -2.42. The van der Waals surface area contributed by atoms with E-state index in [4.69, 9.17) is 21.4 Å². The maximum Gasteiger partial charge on any atom is 0.326 e. The zero-order valence-corrected chi connectivity index (χ0v) is 13.3. The summed E-state index contributed by atoms with van der Waals surface area (Å²) in [4.78, 5) is 22.3. The first kappa shape index (κ1) is 19.2. The van der Waals surface area contributed by atoms with Gasteiger partial charge in [0.05, 0.1) is 6.61 Å². The van der Waals surface area contributed by atoms with E-state index < -0.39 is 30.8 Å². The van der Waals surface area contributed by atoms with Gasteiger partial charge in [0, 0.05) is 17.9 Å². The number of alkyl halides is 2. The number of ether oxygens (including phenoxy) is 1. The van der Waals surface area contributed by atoms with Crippen LogP contribution < -0.4 is 10.1 Å². The molecule has 1 aromatic rings. The van der Waals surface area contributed by atoms with Gasteiger partial charge in [-0.05, 0) is 37.1 Å². The van der Waals surface area contributed by atoms with Crippen LogP contribution in [0.5, 0.6) is 5.75 Å². The molecule has 0 spiro atoms. The molecule has 2 N–H and O–H groups in total. The van der Waals surface area contributed by atoms with Gasteiger partial charge < -0.3 is 15.2 Å². The van der Waals surface area contributed by atoms with Crippen LogP contribution in [0, 0.1) is 6.92 Å². The second-order valence-electron chi connectivity index (χ2n) is 4.95. The molecular weight excluding hydrogens is 332 g/mol. The van der Waals surface area contributed by atoms with Crippen LogP contribution >= 0.6 is 11.6 Å². The predicted molar refractivity (Wildman–Crippen MR) is 81.1 cm³/mol. The van der Waals surface area contributed by atoms with Gasteiger partial charge in [-0.25, -0.2) is 13.6 Å². The summed E-state index contributed by atoms with van der Waals surface area (Å²) in [5.41, 5.74) is 0.859. The van der Waals surface area contributed by atoms with Crippen molar-refractivity contribution >= 4 is 23.5 Å². The Labute approximate surface area is 137 Å². The van der Waals surface area contributed by atoms with Crippen LogP contribution in [0.15, 0.2) is 18.2 Å². The molecule has 0 radical (unpaired) electrons. The molecule has 1 atom stereocenters. The Morgan fingerprint density at radius 3 is 2.65 bits per heavy atom. The molecule has 0 saturated carbocycles. The lowest BCUT2D eigenvalue weighted by Gasteiger charge is -2.14. The van der Waals surface area contributed by atoms with Gasteiger partial charge in [0.2, 0.25) is 12.3 Å². The smallest absolute Gasteiger partial charge is 0.326 e. The zero-order valence-electron chi connectivity index (χ0n) is 12.5. The molecule has 0 aliphatic heterocycles. The molecule has 5 nitrogen and oxygen atoms in total. The Bertz CT molecular complexity index is 554. The quantitative estimate of drug-likeness (QED) is 0.672. The third-order valence-corrected chi connectivity index (χ3v) is 3.42. The van der Waals surface area contributed by atoms with E-state index in [9.17, 15) is 18.4 Å². The molecule has 0 saturated heterocycles. The number of aliphatic carboxylic acids is 1. The Morgan fingerprint density at radius 1 is 1.39 bits per heavy atom. The van der Waals surface area contributed by atoms with Crippen molar-refractivity contribution in [2.75, 3.05) is 6.61 Å². The van der Waals surface area contributed by atoms with E-state index in [-0.39, 0.29) is 13.0 Å². The maximum atomic E-state index is 12.2. The fourth-order valence-electron chi connectivity index (χ4n) is 1.80. The van der Waals surface area contributed by atoms with E-state index in [2.05, 4.69) is 5.32 Å². The van der Waals surface area contributed by atoms with Gasteiger partial charge in [-0.2, -0.15) is 0 Å². The van der Waals surface area contributed by atoms with E-state index in [0.717, 1.165) is 5.56 Å². The van der Waals surface area contributed by atoms with E-state index in [1.165, 1.54) is 0 Å². The van der Waals surface area contributed by atoms with Crippen molar-refractivity contribution in [2.45, 2.75) is 38.7 Å². The molecule has 0 heterocycles. The minimum Gasteiger partial charge on any atom is -0.494 e. The van der Waals surface area contributed by atoms with Crippen molar-refractivity contribution in [3.8, 4) is 5.75 Å². The highest BCUT2D eigenvalue weighted by Crippen LogP contribution is 2.21. The monoisotopic (exact) mass is 349 g/mol. The number of rotatable bonds is 9. The highest BCUT2D eigenvalue weighted by molar-refractivity contribution is 6.31. The van der Waals surface area contributed by atoms with E-state index in [1.807, 2.05) is 6.92 Å². The summed E-state index contributed by atoms with van der Waals surface area (Å²) in [6.07, 6.45) is -3.40. The number of hydrogen-bond donors (Lipinski definition) is 2. The van der Waals surface area contributed by atoms with Gasteiger partial charge in [0.15, 0.2) is 0 Å². The standard InChI is InChI=1S/C15H18ClF2NO4/c1-9-7-10(4-5-11(9)16)23-6-2-3-14(20)19-12(15(21)22)8-13(17)18/h4-5,7,12-13H,2-3,6,8H2,1H3,(H,19,20)(H,21,22). The molecule has 1 unspecified atom stereocenters. The second kappa shape index (κ2) is 9.29. The van der Waals surface area contributed by atoms with Crippen LogP contribution in [0.2, 0.25) is 5.02 Å². The lowest BCUT2D eigenvalue weighted by molar-refractivity contribution is -0.143. The summed E-state index contributed by atoms with van der Waals surface area (Å²) in [6.45, 7) is 2.07. The van der Waals surface area contributed by atoms with Crippen LogP contribution in [-0.2, 0) is 9.59 Å². The molecule has 0 aliphatic rings. The first-order valence-corrected chi connectivity index (χ1v) is 7.36. The van der Waals surface area contributed by atoms with Crippen LogP contribution in [0.25, 0.3) is 0 Å². The second-order valence-corrected chi connectivity index (χ2v) is 5.36. The van der Waals surface area contributed by atoms with Gasteiger partial charge in [-0.15, -0.1) is 0 Å². The number of benzene rings is 1. The first-order chi connectivity index (χ1) is 10.8. The van der Waals surface area contributed by atoms with Crippen molar-refractivity contribution < 1.29 is 28.2 Å². The molecule has 0 aliphatic carbocycles. The summed E-state index contributed by atoms with van der Waals surface area (Å²) in [5.74, 6) is -1.48. The fraction of sp³-hybridized carbons (Fsp3) is 0.467. The van der Waals surface area contributed by atoms with Crippen LogP contribution in [-0.4, -0.2) is 36.1 Å². The number of carboxylic acid groups (broad SMARTS) is 1. The third kappa shape index (κ3) is 7.27. The molecule has 1 amide bonds. The molecule has 0 fully saturated rings. The summed E-state index contributed by atoms with van der Waals surface area (Å²) in [6, 6.07) is 3.56. The number of aryl methyl sites for hydroxylation is 1. The average Bonchev–Trinajstić information content (AvgIpc) is 2.46. The van der Waals surface area contributed by atoms with Crippen molar-refractivity contribution in [1.82, 2.24) is 5.32 Å². The molecular formula is C15H18ClF2NO4. The molecule has 0 aromatic heterocycles. The zero-order chi connectivity index (χ0) is 17.4. The Hall–Kier alpha value is -1.89.